The Bertz CT molecular complexity index is 779. The molecule has 2 N–H and O–H groups in total. The number of hydrogen-bond acceptors (Lipinski definition) is 5. The lowest BCUT2D eigenvalue weighted by atomic mass is 10.2. The third-order valence-electron chi connectivity index (χ3n) is 3.20. The van der Waals surface area contributed by atoms with Gasteiger partial charge in [-0.25, -0.2) is 18.1 Å². The van der Waals surface area contributed by atoms with Gasteiger partial charge in [-0.1, -0.05) is 18.2 Å². The number of sulfonamides is 1. The van der Waals surface area contributed by atoms with Gasteiger partial charge in [0.05, 0.1) is 12.0 Å². The van der Waals surface area contributed by atoms with Crippen molar-refractivity contribution in [2.45, 2.75) is 17.9 Å². The molecule has 0 saturated carbocycles. The normalized spacial score (nSPS) is 11.0. The Balaban J connectivity index is 1.77. The highest BCUT2D eigenvalue weighted by Crippen LogP contribution is 2.08. The van der Waals surface area contributed by atoms with E-state index in [2.05, 4.69) is 15.0 Å². The minimum absolute atomic E-state index is 0.0305. The second kappa shape index (κ2) is 8.42. The Morgan fingerprint density at radius 3 is 2.67 bits per heavy atom. The molecule has 0 aliphatic rings. The van der Waals surface area contributed by atoms with Crippen LogP contribution in [-0.4, -0.2) is 33.0 Å². The SMILES string of the molecule is COc1cc(CNC(=O)CCNS(=O)(=O)c2ccccc2)ccn1. The first-order chi connectivity index (χ1) is 11.5. The van der Waals surface area contributed by atoms with Gasteiger partial charge in [0.15, 0.2) is 0 Å². The van der Waals surface area contributed by atoms with E-state index in [-0.39, 0.29) is 23.8 Å². The molecule has 0 radical (unpaired) electrons. The van der Waals surface area contributed by atoms with Crippen molar-refractivity contribution in [3.05, 3.63) is 54.2 Å². The van der Waals surface area contributed by atoms with Gasteiger partial charge in [-0.3, -0.25) is 4.79 Å². The van der Waals surface area contributed by atoms with Crippen LogP contribution >= 0.6 is 0 Å². The van der Waals surface area contributed by atoms with Gasteiger partial charge < -0.3 is 10.1 Å². The summed E-state index contributed by atoms with van der Waals surface area (Å²) in [4.78, 5) is 16.0. The lowest BCUT2D eigenvalue weighted by Crippen LogP contribution is -2.30. The standard InChI is InChI=1S/C16H19N3O4S/c1-23-16-11-13(7-9-17-16)12-18-15(20)8-10-19-24(21,22)14-5-3-2-4-6-14/h2-7,9,11,19H,8,10,12H2,1H3,(H,18,20). The molecule has 7 nitrogen and oxygen atoms in total. The first kappa shape index (κ1) is 17.9. The van der Waals surface area contributed by atoms with E-state index in [4.69, 9.17) is 4.74 Å². The number of benzene rings is 1. The number of nitrogens with one attached hydrogen (secondary N) is 2. The van der Waals surface area contributed by atoms with E-state index in [0.717, 1.165) is 5.56 Å². The van der Waals surface area contributed by atoms with Crippen molar-refractivity contribution in [3.63, 3.8) is 0 Å². The summed E-state index contributed by atoms with van der Waals surface area (Å²) < 4.78 is 31.4. The number of ether oxygens (including phenoxy) is 1. The van der Waals surface area contributed by atoms with Gasteiger partial charge in [0.2, 0.25) is 21.8 Å². The van der Waals surface area contributed by atoms with Crippen LogP contribution < -0.4 is 14.8 Å². The molecular formula is C16H19N3O4S. The lowest BCUT2D eigenvalue weighted by molar-refractivity contribution is -0.121. The summed E-state index contributed by atoms with van der Waals surface area (Å²) in [6, 6.07) is 11.5. The third kappa shape index (κ3) is 5.32. The summed E-state index contributed by atoms with van der Waals surface area (Å²) in [7, 11) is -2.07. The number of nitrogens with zero attached hydrogens (tertiary/aromatic N) is 1. The zero-order valence-corrected chi connectivity index (χ0v) is 14.0. The number of hydrogen-bond donors (Lipinski definition) is 2. The second-order valence-electron chi connectivity index (χ2n) is 4.94. The van der Waals surface area contributed by atoms with E-state index < -0.39 is 10.0 Å². The maximum absolute atomic E-state index is 12.0. The number of carbonyl (C=O) groups excluding carboxylic acids is 1. The number of pyridine rings is 1. The number of carbonyl (C=O) groups is 1. The van der Waals surface area contributed by atoms with Crippen LogP contribution in [0.4, 0.5) is 0 Å². The Labute approximate surface area is 141 Å². The molecule has 128 valence electrons. The van der Waals surface area contributed by atoms with Crippen LogP contribution in [0, 0.1) is 0 Å². The van der Waals surface area contributed by atoms with Gasteiger partial charge >= 0.3 is 0 Å². The number of rotatable bonds is 8. The lowest BCUT2D eigenvalue weighted by Gasteiger charge is -2.08. The molecule has 24 heavy (non-hydrogen) atoms. The predicted octanol–water partition coefficient (Wildman–Crippen LogP) is 1.07. The first-order valence-electron chi connectivity index (χ1n) is 7.31. The van der Waals surface area contributed by atoms with Crippen LogP contribution in [-0.2, 0) is 21.4 Å². The molecule has 0 unspecified atom stereocenters. The summed E-state index contributed by atoms with van der Waals surface area (Å²) in [5.74, 6) is 0.221. The molecule has 0 aliphatic heterocycles. The number of methoxy groups -OCH3 is 1. The van der Waals surface area contributed by atoms with E-state index in [0.29, 0.717) is 12.4 Å². The van der Waals surface area contributed by atoms with Crippen LogP contribution in [0.25, 0.3) is 0 Å². The Hall–Kier alpha value is -2.45. The maximum atomic E-state index is 12.0. The molecular weight excluding hydrogens is 330 g/mol. The number of aromatic nitrogens is 1. The fourth-order valence-electron chi connectivity index (χ4n) is 1.94. The zero-order chi connectivity index (χ0) is 17.4. The Morgan fingerprint density at radius 2 is 1.96 bits per heavy atom. The van der Waals surface area contributed by atoms with E-state index in [1.807, 2.05) is 0 Å². The van der Waals surface area contributed by atoms with Gasteiger partial charge in [0.25, 0.3) is 0 Å². The third-order valence-corrected chi connectivity index (χ3v) is 4.67. The second-order valence-corrected chi connectivity index (χ2v) is 6.71. The fourth-order valence-corrected chi connectivity index (χ4v) is 3.00. The van der Waals surface area contributed by atoms with Crippen LogP contribution in [0.15, 0.2) is 53.6 Å². The molecule has 0 spiro atoms. The minimum atomic E-state index is -3.59. The summed E-state index contributed by atoms with van der Waals surface area (Å²) >= 11 is 0. The minimum Gasteiger partial charge on any atom is -0.481 e. The van der Waals surface area contributed by atoms with Crippen LogP contribution in [0.5, 0.6) is 5.88 Å². The summed E-state index contributed by atoms with van der Waals surface area (Å²) in [5.41, 5.74) is 0.847. The molecule has 0 saturated heterocycles. The van der Waals surface area contributed by atoms with Crippen molar-refractivity contribution in [1.82, 2.24) is 15.0 Å². The van der Waals surface area contributed by atoms with Crippen molar-refractivity contribution in [3.8, 4) is 5.88 Å². The predicted molar refractivity (Wildman–Crippen MR) is 88.9 cm³/mol. The molecule has 0 aliphatic carbocycles. The van der Waals surface area contributed by atoms with Crippen molar-refractivity contribution < 1.29 is 17.9 Å². The summed E-state index contributed by atoms with van der Waals surface area (Å²) in [6.07, 6.45) is 1.64. The number of amides is 1. The van der Waals surface area contributed by atoms with Crippen molar-refractivity contribution in [2.75, 3.05) is 13.7 Å². The zero-order valence-electron chi connectivity index (χ0n) is 13.2. The molecule has 0 bridgehead atoms. The molecule has 1 aromatic carbocycles. The van der Waals surface area contributed by atoms with Gasteiger partial charge in [0.1, 0.15) is 0 Å². The quantitative estimate of drug-likeness (QED) is 0.743. The van der Waals surface area contributed by atoms with Gasteiger partial charge in [0, 0.05) is 31.8 Å². The van der Waals surface area contributed by atoms with Gasteiger partial charge in [-0.2, -0.15) is 0 Å². The Kier molecular flexibility index (Phi) is 6.28. The molecule has 0 fully saturated rings. The van der Waals surface area contributed by atoms with Gasteiger partial charge in [-0.15, -0.1) is 0 Å². The van der Waals surface area contributed by atoms with Crippen molar-refractivity contribution >= 4 is 15.9 Å². The largest absolute Gasteiger partial charge is 0.481 e. The average Bonchev–Trinajstić information content (AvgIpc) is 2.61. The first-order valence-corrected chi connectivity index (χ1v) is 8.80. The monoisotopic (exact) mass is 349 g/mol. The molecule has 1 aromatic heterocycles. The summed E-state index contributed by atoms with van der Waals surface area (Å²) in [6.45, 7) is 0.353. The van der Waals surface area contributed by atoms with Crippen LogP contribution in [0.2, 0.25) is 0 Å². The highest BCUT2D eigenvalue weighted by atomic mass is 32.2. The molecule has 8 heteroatoms. The molecule has 2 rings (SSSR count). The Morgan fingerprint density at radius 1 is 1.21 bits per heavy atom. The van der Waals surface area contributed by atoms with Gasteiger partial charge in [-0.05, 0) is 23.8 Å². The van der Waals surface area contributed by atoms with E-state index >= 15 is 0 Å². The topological polar surface area (TPSA) is 97.4 Å². The van der Waals surface area contributed by atoms with E-state index in [9.17, 15) is 13.2 Å². The van der Waals surface area contributed by atoms with Crippen molar-refractivity contribution in [1.29, 1.82) is 0 Å². The maximum Gasteiger partial charge on any atom is 0.240 e. The molecule has 2 aromatic rings. The van der Waals surface area contributed by atoms with E-state index in [1.54, 1.807) is 36.5 Å². The van der Waals surface area contributed by atoms with Crippen LogP contribution in [0.1, 0.15) is 12.0 Å². The fraction of sp³-hybridized carbons (Fsp3) is 0.250. The van der Waals surface area contributed by atoms with Crippen LogP contribution in [0.3, 0.4) is 0 Å². The smallest absolute Gasteiger partial charge is 0.240 e. The average molecular weight is 349 g/mol. The molecule has 1 amide bonds. The van der Waals surface area contributed by atoms with Crippen molar-refractivity contribution in [2.24, 2.45) is 0 Å². The highest BCUT2D eigenvalue weighted by molar-refractivity contribution is 7.89. The molecule has 0 atom stereocenters. The highest BCUT2D eigenvalue weighted by Gasteiger charge is 2.13. The summed E-state index contributed by atoms with van der Waals surface area (Å²) in [5, 5.41) is 2.72. The van der Waals surface area contributed by atoms with E-state index in [1.165, 1.54) is 19.2 Å². The molecule has 1 heterocycles.